The molecule has 0 fully saturated rings. The molecule has 8 heteroatoms. The second-order valence-corrected chi connectivity index (χ2v) is 7.01. The first-order valence-corrected chi connectivity index (χ1v) is 8.40. The van der Waals surface area contributed by atoms with Gasteiger partial charge in [0, 0.05) is 24.2 Å². The van der Waals surface area contributed by atoms with Gasteiger partial charge >= 0.3 is 12.2 Å². The zero-order valence-corrected chi connectivity index (χ0v) is 15.0. The lowest BCUT2D eigenvalue weighted by atomic mass is 10.1. The van der Waals surface area contributed by atoms with Crippen LogP contribution in [-0.4, -0.2) is 39.4 Å². The molecule has 26 heavy (non-hydrogen) atoms. The van der Waals surface area contributed by atoms with Gasteiger partial charge in [0.1, 0.15) is 11.4 Å². The summed E-state index contributed by atoms with van der Waals surface area (Å²) in [5.41, 5.74) is 1.08. The molecule has 0 aliphatic carbocycles. The number of hydrogen-bond donors (Lipinski definition) is 2. The molecule has 1 aliphatic heterocycles. The number of anilines is 1. The van der Waals surface area contributed by atoms with Crippen LogP contribution in [0, 0.1) is 0 Å². The summed E-state index contributed by atoms with van der Waals surface area (Å²) < 4.78 is 10.6. The summed E-state index contributed by atoms with van der Waals surface area (Å²) in [4.78, 5) is 26.0. The molecular formula is C18H22N4O4. The molecule has 1 aliphatic rings. The number of benzene rings is 1. The van der Waals surface area contributed by atoms with Crippen LogP contribution in [0.2, 0.25) is 0 Å². The number of carbonyl (C=O) groups excluding carboxylic acids is 2. The van der Waals surface area contributed by atoms with Crippen LogP contribution >= 0.6 is 0 Å². The Morgan fingerprint density at radius 1 is 1.23 bits per heavy atom. The van der Waals surface area contributed by atoms with Crippen LogP contribution in [0.3, 0.4) is 0 Å². The molecule has 2 heterocycles. The number of nitrogens with one attached hydrogen (secondary N) is 2. The van der Waals surface area contributed by atoms with Crippen molar-refractivity contribution < 1.29 is 19.1 Å². The summed E-state index contributed by atoms with van der Waals surface area (Å²) in [6.07, 6.45) is -0.418. The molecule has 2 amide bonds. The molecule has 0 radical (unpaired) electrons. The number of para-hydroxylation sites is 1. The summed E-state index contributed by atoms with van der Waals surface area (Å²) in [6, 6.07) is 8.75. The highest BCUT2D eigenvalue weighted by atomic mass is 16.6. The molecule has 2 aromatic rings. The van der Waals surface area contributed by atoms with E-state index in [1.165, 1.54) is 0 Å². The summed E-state index contributed by atoms with van der Waals surface area (Å²) in [7, 11) is 0. The number of hydrogen-bond acceptors (Lipinski definition) is 5. The van der Waals surface area contributed by atoms with Crippen molar-refractivity contribution >= 4 is 18.0 Å². The average Bonchev–Trinajstić information content (AvgIpc) is 2.96. The van der Waals surface area contributed by atoms with Crippen molar-refractivity contribution in [1.82, 2.24) is 15.1 Å². The van der Waals surface area contributed by atoms with E-state index in [4.69, 9.17) is 9.47 Å². The van der Waals surface area contributed by atoms with Gasteiger partial charge in [0.15, 0.2) is 5.82 Å². The Morgan fingerprint density at radius 3 is 2.65 bits per heavy atom. The van der Waals surface area contributed by atoms with Gasteiger partial charge in [-0.15, -0.1) is 0 Å². The number of rotatable bonds is 2. The molecule has 1 aromatic carbocycles. The number of fused-ring (bicyclic) bond motifs is 1. The molecule has 3 rings (SSSR count). The van der Waals surface area contributed by atoms with E-state index in [2.05, 4.69) is 15.5 Å². The van der Waals surface area contributed by atoms with Crippen molar-refractivity contribution in [2.75, 3.05) is 11.9 Å². The average molecular weight is 358 g/mol. The standard InChI is InChI=1S/C18H22N4O4/c1-18(2,3)26-17(24)22-10-9-14-13(11-22)15(21-20-14)19-16(23)25-12-7-5-4-6-8-12/h4-8H,9-11H2,1-3H3,(H2,19,20,21,23). The Hall–Kier alpha value is -3.03. The fraction of sp³-hybridized carbons (Fsp3) is 0.389. The van der Waals surface area contributed by atoms with Crippen LogP contribution in [0.4, 0.5) is 15.4 Å². The summed E-state index contributed by atoms with van der Waals surface area (Å²) in [5.74, 6) is 0.791. The monoisotopic (exact) mass is 358 g/mol. The van der Waals surface area contributed by atoms with E-state index in [9.17, 15) is 9.59 Å². The van der Waals surface area contributed by atoms with Gasteiger partial charge in [0.2, 0.25) is 0 Å². The minimum absolute atomic E-state index is 0.307. The largest absolute Gasteiger partial charge is 0.444 e. The highest BCUT2D eigenvalue weighted by Gasteiger charge is 2.29. The van der Waals surface area contributed by atoms with E-state index in [1.54, 1.807) is 29.2 Å². The molecule has 2 N–H and O–H groups in total. The number of carbonyl (C=O) groups is 2. The molecule has 0 atom stereocenters. The van der Waals surface area contributed by atoms with E-state index >= 15 is 0 Å². The predicted molar refractivity (Wildman–Crippen MR) is 95.0 cm³/mol. The van der Waals surface area contributed by atoms with Gasteiger partial charge in [0.05, 0.1) is 6.54 Å². The molecule has 138 valence electrons. The molecule has 0 bridgehead atoms. The van der Waals surface area contributed by atoms with Crippen molar-refractivity contribution in [3.05, 3.63) is 41.6 Å². The number of aromatic amines is 1. The minimum Gasteiger partial charge on any atom is -0.444 e. The van der Waals surface area contributed by atoms with Crippen LogP contribution in [0.25, 0.3) is 0 Å². The Bertz CT molecular complexity index is 795. The quantitative estimate of drug-likeness (QED) is 0.858. The number of nitrogens with zero attached hydrogens (tertiary/aromatic N) is 2. The van der Waals surface area contributed by atoms with Crippen LogP contribution in [-0.2, 0) is 17.7 Å². The molecule has 0 spiro atoms. The number of amides is 2. The van der Waals surface area contributed by atoms with E-state index in [-0.39, 0.29) is 6.09 Å². The highest BCUT2D eigenvalue weighted by molar-refractivity contribution is 5.86. The maximum absolute atomic E-state index is 12.3. The fourth-order valence-electron chi connectivity index (χ4n) is 2.60. The lowest BCUT2D eigenvalue weighted by molar-refractivity contribution is 0.0224. The first-order chi connectivity index (χ1) is 12.3. The van der Waals surface area contributed by atoms with Gasteiger partial charge < -0.3 is 14.4 Å². The van der Waals surface area contributed by atoms with Gasteiger partial charge in [-0.25, -0.2) is 9.59 Å². The number of H-pyrrole nitrogens is 1. The van der Waals surface area contributed by atoms with Crippen molar-refractivity contribution in [2.45, 2.75) is 39.3 Å². The smallest absolute Gasteiger partial charge is 0.418 e. The van der Waals surface area contributed by atoms with Gasteiger partial charge in [-0.2, -0.15) is 5.10 Å². The topological polar surface area (TPSA) is 96.5 Å². The minimum atomic E-state index is -0.639. The van der Waals surface area contributed by atoms with Crippen molar-refractivity contribution in [3.8, 4) is 5.75 Å². The Kier molecular flexibility index (Phi) is 4.83. The van der Waals surface area contributed by atoms with Gasteiger partial charge in [0.25, 0.3) is 0 Å². The fourth-order valence-corrected chi connectivity index (χ4v) is 2.60. The molecule has 0 saturated heterocycles. The number of ether oxygens (including phenoxy) is 2. The van der Waals surface area contributed by atoms with Crippen LogP contribution < -0.4 is 10.1 Å². The van der Waals surface area contributed by atoms with E-state index in [0.29, 0.717) is 31.1 Å². The lowest BCUT2D eigenvalue weighted by Gasteiger charge is -2.30. The van der Waals surface area contributed by atoms with Crippen LogP contribution in [0.5, 0.6) is 5.75 Å². The summed E-state index contributed by atoms with van der Waals surface area (Å²) in [5, 5.41) is 9.66. The van der Waals surface area contributed by atoms with Crippen LogP contribution in [0.15, 0.2) is 30.3 Å². The maximum Gasteiger partial charge on any atom is 0.418 e. The summed E-state index contributed by atoms with van der Waals surface area (Å²) >= 11 is 0. The molecule has 0 saturated carbocycles. The second kappa shape index (κ2) is 7.07. The highest BCUT2D eigenvalue weighted by Crippen LogP contribution is 2.25. The third-order valence-electron chi connectivity index (χ3n) is 3.76. The van der Waals surface area contributed by atoms with Crippen molar-refractivity contribution in [2.24, 2.45) is 0 Å². The van der Waals surface area contributed by atoms with Gasteiger partial charge in [-0.05, 0) is 32.9 Å². The van der Waals surface area contributed by atoms with Crippen LogP contribution in [0.1, 0.15) is 32.0 Å². The summed E-state index contributed by atoms with van der Waals surface area (Å²) in [6.45, 7) is 6.31. The molecular weight excluding hydrogens is 336 g/mol. The predicted octanol–water partition coefficient (Wildman–Crippen LogP) is 3.31. The van der Waals surface area contributed by atoms with Crippen molar-refractivity contribution in [1.29, 1.82) is 0 Å². The van der Waals surface area contributed by atoms with Gasteiger partial charge in [-0.3, -0.25) is 10.4 Å². The Labute approximate surface area is 151 Å². The zero-order valence-electron chi connectivity index (χ0n) is 15.0. The van der Waals surface area contributed by atoms with Crippen molar-refractivity contribution in [3.63, 3.8) is 0 Å². The Morgan fingerprint density at radius 2 is 1.96 bits per heavy atom. The maximum atomic E-state index is 12.3. The third-order valence-corrected chi connectivity index (χ3v) is 3.76. The van der Waals surface area contributed by atoms with E-state index < -0.39 is 11.7 Å². The van der Waals surface area contributed by atoms with Gasteiger partial charge in [-0.1, -0.05) is 18.2 Å². The Balaban J connectivity index is 1.66. The number of aromatic nitrogens is 2. The normalized spacial score (nSPS) is 13.7. The zero-order chi connectivity index (χ0) is 18.7. The second-order valence-electron chi connectivity index (χ2n) is 7.01. The third kappa shape index (κ3) is 4.33. The van der Waals surface area contributed by atoms with E-state index in [1.807, 2.05) is 26.8 Å². The lowest BCUT2D eigenvalue weighted by Crippen LogP contribution is -2.40. The molecule has 0 unspecified atom stereocenters. The van der Waals surface area contributed by atoms with E-state index in [0.717, 1.165) is 11.3 Å². The first kappa shape index (κ1) is 17.8. The molecule has 8 nitrogen and oxygen atoms in total. The SMILES string of the molecule is CC(C)(C)OC(=O)N1CCc2[nH]nc(NC(=O)Oc3ccccc3)c2C1. The molecule has 1 aromatic heterocycles. The first-order valence-electron chi connectivity index (χ1n) is 8.40.